The van der Waals surface area contributed by atoms with Crippen LogP contribution < -0.4 is 0 Å². The van der Waals surface area contributed by atoms with Crippen molar-refractivity contribution < 1.29 is 24.2 Å². The van der Waals surface area contributed by atoms with Crippen molar-refractivity contribution in [2.24, 2.45) is 11.3 Å². The van der Waals surface area contributed by atoms with Crippen LogP contribution in [0.5, 0.6) is 0 Å². The molecule has 3 unspecified atom stereocenters. The van der Waals surface area contributed by atoms with Gasteiger partial charge in [-0.3, -0.25) is 9.59 Å². The van der Waals surface area contributed by atoms with E-state index in [1.165, 1.54) is 4.90 Å². The lowest BCUT2D eigenvalue weighted by Gasteiger charge is -2.44. The Labute approximate surface area is 201 Å². The quantitative estimate of drug-likeness (QED) is 0.732. The smallest absolute Gasteiger partial charge is 0.410 e. The van der Waals surface area contributed by atoms with Crippen molar-refractivity contribution in [1.29, 1.82) is 0 Å². The van der Waals surface area contributed by atoms with Crippen LogP contribution in [0.25, 0.3) is 0 Å². The summed E-state index contributed by atoms with van der Waals surface area (Å²) in [5.41, 5.74) is 1.07. The van der Waals surface area contributed by atoms with Gasteiger partial charge in [-0.1, -0.05) is 6.07 Å². The normalized spacial score (nSPS) is 26.7. The highest BCUT2D eigenvalue weighted by molar-refractivity contribution is 6.04. The molecule has 4 rings (SSSR count). The molecule has 1 aromatic rings. The van der Waals surface area contributed by atoms with Crippen molar-refractivity contribution in [2.75, 3.05) is 33.7 Å². The zero-order valence-electron chi connectivity index (χ0n) is 21.0. The van der Waals surface area contributed by atoms with E-state index in [-0.39, 0.29) is 29.2 Å². The van der Waals surface area contributed by atoms with Crippen molar-refractivity contribution in [3.8, 4) is 0 Å². The van der Waals surface area contributed by atoms with Gasteiger partial charge in [-0.25, -0.2) is 4.79 Å². The fourth-order valence-electron chi connectivity index (χ4n) is 5.79. The molecule has 1 N–H and O–H groups in total. The van der Waals surface area contributed by atoms with Gasteiger partial charge in [0.15, 0.2) is 0 Å². The molecule has 1 spiro atoms. The molecule has 2 fully saturated rings. The molecule has 2 heterocycles. The van der Waals surface area contributed by atoms with Crippen LogP contribution in [0.1, 0.15) is 72.7 Å². The van der Waals surface area contributed by atoms with Crippen molar-refractivity contribution in [3.63, 3.8) is 0 Å². The maximum atomic E-state index is 13.1. The third-order valence-corrected chi connectivity index (χ3v) is 7.44. The Morgan fingerprint density at radius 1 is 1.24 bits per heavy atom. The summed E-state index contributed by atoms with van der Waals surface area (Å²) in [5, 5.41) is 10.9. The predicted molar refractivity (Wildman–Crippen MR) is 127 cm³/mol. The fraction of sp³-hybridized carbons (Fsp3) is 0.654. The number of benzene rings is 1. The summed E-state index contributed by atoms with van der Waals surface area (Å²) in [6, 6.07) is 5.35. The summed E-state index contributed by atoms with van der Waals surface area (Å²) < 4.78 is 5.57. The van der Waals surface area contributed by atoms with Crippen LogP contribution in [0.4, 0.5) is 4.79 Å². The topological polar surface area (TPSA) is 90.4 Å². The highest BCUT2D eigenvalue weighted by Crippen LogP contribution is 2.48. The van der Waals surface area contributed by atoms with Gasteiger partial charge in [0.25, 0.3) is 11.8 Å². The number of rotatable bonds is 3. The molecule has 0 bridgehead atoms. The lowest BCUT2D eigenvalue weighted by Crippen LogP contribution is -2.53. The minimum atomic E-state index is -0.559. The molecule has 186 valence electrons. The second kappa shape index (κ2) is 8.87. The Bertz CT molecular complexity index is 985. The number of aliphatic hydroxyl groups excluding tert-OH is 1. The van der Waals surface area contributed by atoms with Crippen molar-refractivity contribution >= 4 is 17.9 Å². The standard InChI is InChI=1S/C26H37N3O5/c1-25(2,3)34-24(33)28-12-10-21(30)26(16-28)11-9-17(13-26)14-29-15-20-18(22(31)27(4)5)7-6-8-19(20)23(29)32/h6-8,17,21,30H,9-16H2,1-5H3. The van der Waals surface area contributed by atoms with E-state index < -0.39 is 11.7 Å². The lowest BCUT2D eigenvalue weighted by atomic mass is 9.75. The number of piperidine rings is 1. The molecule has 8 heteroatoms. The van der Waals surface area contributed by atoms with E-state index in [1.54, 1.807) is 37.2 Å². The number of aliphatic hydroxyl groups is 1. The average molecular weight is 472 g/mol. The number of likely N-dealkylation sites (tertiary alicyclic amines) is 1. The van der Waals surface area contributed by atoms with Gasteiger partial charge in [0.05, 0.1) is 6.10 Å². The van der Waals surface area contributed by atoms with Gasteiger partial charge < -0.3 is 24.5 Å². The fourth-order valence-corrected chi connectivity index (χ4v) is 5.79. The average Bonchev–Trinajstić information content (AvgIpc) is 3.30. The minimum Gasteiger partial charge on any atom is -0.444 e. The SMILES string of the molecule is CN(C)C(=O)c1cccc2c1CN(CC1CCC3(C1)CN(C(=O)OC(C)(C)C)CCC3O)C2=O. The van der Waals surface area contributed by atoms with E-state index in [0.29, 0.717) is 43.7 Å². The Morgan fingerprint density at radius 3 is 2.65 bits per heavy atom. The van der Waals surface area contributed by atoms with Crippen molar-refractivity contribution in [2.45, 2.75) is 64.7 Å². The van der Waals surface area contributed by atoms with Crippen molar-refractivity contribution in [1.82, 2.24) is 14.7 Å². The second-order valence-electron chi connectivity index (χ2n) is 11.4. The highest BCUT2D eigenvalue weighted by Gasteiger charge is 2.50. The largest absolute Gasteiger partial charge is 0.444 e. The molecule has 3 atom stereocenters. The maximum absolute atomic E-state index is 13.1. The zero-order valence-corrected chi connectivity index (χ0v) is 21.0. The number of hydrogen-bond acceptors (Lipinski definition) is 5. The molecule has 0 radical (unpaired) electrons. The van der Waals surface area contributed by atoms with Crippen LogP contribution in [0, 0.1) is 11.3 Å². The van der Waals surface area contributed by atoms with E-state index in [2.05, 4.69) is 0 Å². The van der Waals surface area contributed by atoms with Crippen LogP contribution in [-0.4, -0.2) is 83.1 Å². The molecule has 3 aliphatic rings. The molecule has 8 nitrogen and oxygen atoms in total. The first kappa shape index (κ1) is 24.5. The van der Waals surface area contributed by atoms with Crippen molar-refractivity contribution in [3.05, 3.63) is 34.9 Å². The van der Waals surface area contributed by atoms with Gasteiger partial charge >= 0.3 is 6.09 Å². The molecular weight excluding hydrogens is 434 g/mol. The summed E-state index contributed by atoms with van der Waals surface area (Å²) in [5.74, 6) is 0.0994. The van der Waals surface area contributed by atoms with Crippen LogP contribution in [0.2, 0.25) is 0 Å². The maximum Gasteiger partial charge on any atom is 0.410 e. The molecule has 1 aromatic carbocycles. The van der Waals surface area contributed by atoms with Gasteiger partial charge in [-0.15, -0.1) is 0 Å². The number of ether oxygens (including phenoxy) is 1. The van der Waals surface area contributed by atoms with Crippen LogP contribution in [0.3, 0.4) is 0 Å². The molecule has 1 saturated heterocycles. The number of hydrogen-bond donors (Lipinski definition) is 1. The first-order valence-electron chi connectivity index (χ1n) is 12.2. The summed E-state index contributed by atoms with van der Waals surface area (Å²) in [6.45, 7) is 7.55. The van der Waals surface area contributed by atoms with Gasteiger partial charge in [0.2, 0.25) is 0 Å². The first-order chi connectivity index (χ1) is 15.9. The van der Waals surface area contributed by atoms with E-state index >= 15 is 0 Å². The Balaban J connectivity index is 1.44. The summed E-state index contributed by atoms with van der Waals surface area (Å²) in [4.78, 5) is 43.5. The highest BCUT2D eigenvalue weighted by atomic mass is 16.6. The Morgan fingerprint density at radius 2 is 1.97 bits per heavy atom. The Kier molecular flexibility index (Phi) is 6.40. The molecule has 1 aliphatic carbocycles. The molecule has 2 aliphatic heterocycles. The van der Waals surface area contributed by atoms with E-state index in [0.717, 1.165) is 24.8 Å². The Hall–Kier alpha value is -2.61. The van der Waals surface area contributed by atoms with E-state index in [1.807, 2.05) is 25.7 Å². The number of amides is 3. The summed E-state index contributed by atoms with van der Waals surface area (Å²) in [6.07, 6.45) is 2.21. The minimum absolute atomic E-state index is 0.0380. The van der Waals surface area contributed by atoms with Crippen LogP contribution in [0.15, 0.2) is 18.2 Å². The second-order valence-corrected chi connectivity index (χ2v) is 11.4. The van der Waals surface area contributed by atoms with Gasteiger partial charge in [0.1, 0.15) is 5.60 Å². The molecule has 3 amide bonds. The predicted octanol–water partition coefficient (Wildman–Crippen LogP) is 3.13. The van der Waals surface area contributed by atoms with Gasteiger partial charge in [-0.2, -0.15) is 0 Å². The number of fused-ring (bicyclic) bond motifs is 1. The summed E-state index contributed by atoms with van der Waals surface area (Å²) >= 11 is 0. The number of nitrogens with zero attached hydrogens (tertiary/aromatic N) is 3. The third kappa shape index (κ3) is 4.65. The molecule has 34 heavy (non-hydrogen) atoms. The molecule has 0 aromatic heterocycles. The zero-order chi connectivity index (χ0) is 24.8. The number of carbonyl (C=O) groups is 3. The number of carbonyl (C=O) groups excluding carboxylic acids is 3. The first-order valence-corrected chi connectivity index (χ1v) is 12.2. The van der Waals surface area contributed by atoms with Crippen LogP contribution in [-0.2, 0) is 11.3 Å². The summed E-state index contributed by atoms with van der Waals surface area (Å²) in [7, 11) is 3.43. The molecule has 1 saturated carbocycles. The van der Waals surface area contributed by atoms with Gasteiger partial charge in [-0.05, 0) is 70.1 Å². The molecular formula is C26H37N3O5. The van der Waals surface area contributed by atoms with E-state index in [4.69, 9.17) is 4.74 Å². The monoisotopic (exact) mass is 471 g/mol. The lowest BCUT2D eigenvalue weighted by molar-refractivity contribution is -0.0530. The third-order valence-electron chi connectivity index (χ3n) is 7.44. The van der Waals surface area contributed by atoms with Gasteiger partial charge in [0, 0.05) is 56.8 Å². The van der Waals surface area contributed by atoms with Crippen LogP contribution >= 0.6 is 0 Å². The van der Waals surface area contributed by atoms with E-state index in [9.17, 15) is 19.5 Å².